The van der Waals surface area contributed by atoms with Crippen molar-refractivity contribution in [3.63, 3.8) is 0 Å². The summed E-state index contributed by atoms with van der Waals surface area (Å²) in [4.78, 5) is 39.9. The standard InChI is InChI=1S/C20H24N6O5S/c1-12(27)21-9-14-6-15(32(30,31)24-20(2)4-5-20)7-16-17(14)23-19(29)26(18(16)28)11-13-8-22-25(3)10-13/h6-8,10,24H,4-5,9,11H2,1-3H3,(H,21,27)(H,23,29). The summed E-state index contributed by atoms with van der Waals surface area (Å²) in [7, 11) is -2.20. The van der Waals surface area contributed by atoms with Crippen LogP contribution in [0.3, 0.4) is 0 Å². The van der Waals surface area contributed by atoms with Gasteiger partial charge in [-0.05, 0) is 37.5 Å². The molecule has 1 amide bonds. The Morgan fingerprint density at radius 2 is 2.00 bits per heavy atom. The number of fused-ring (bicyclic) bond motifs is 1. The number of aromatic amines is 1. The summed E-state index contributed by atoms with van der Waals surface area (Å²) in [6.07, 6.45) is 4.67. The van der Waals surface area contributed by atoms with Gasteiger partial charge in [0.1, 0.15) is 0 Å². The van der Waals surface area contributed by atoms with E-state index < -0.39 is 26.8 Å². The molecule has 1 aliphatic carbocycles. The summed E-state index contributed by atoms with van der Waals surface area (Å²) in [5.41, 5.74) is -0.627. The molecule has 1 saturated carbocycles. The predicted octanol–water partition coefficient (Wildman–Crippen LogP) is -0.0615. The lowest BCUT2D eigenvalue weighted by atomic mass is 10.1. The molecule has 0 unspecified atom stereocenters. The van der Waals surface area contributed by atoms with Crippen molar-refractivity contribution in [3.8, 4) is 0 Å². The second-order valence-electron chi connectivity index (χ2n) is 8.42. The van der Waals surface area contributed by atoms with E-state index in [0.29, 0.717) is 11.1 Å². The average Bonchev–Trinajstić information content (AvgIpc) is 3.27. The van der Waals surface area contributed by atoms with Crippen LogP contribution in [0.4, 0.5) is 0 Å². The Balaban J connectivity index is 1.89. The van der Waals surface area contributed by atoms with Gasteiger partial charge >= 0.3 is 5.69 Å². The number of benzene rings is 1. The molecule has 1 aromatic carbocycles. The Kier molecular flexibility index (Phi) is 5.29. The van der Waals surface area contributed by atoms with Crippen molar-refractivity contribution >= 4 is 26.8 Å². The van der Waals surface area contributed by atoms with E-state index in [0.717, 1.165) is 17.4 Å². The van der Waals surface area contributed by atoms with Crippen LogP contribution in [-0.4, -0.2) is 39.2 Å². The van der Waals surface area contributed by atoms with Crippen molar-refractivity contribution < 1.29 is 13.2 Å². The van der Waals surface area contributed by atoms with Crippen molar-refractivity contribution in [3.05, 3.63) is 56.5 Å². The van der Waals surface area contributed by atoms with Gasteiger partial charge in [-0.25, -0.2) is 17.9 Å². The molecule has 2 heterocycles. The molecular formula is C20H24N6O5S. The smallest absolute Gasteiger partial charge is 0.329 e. The van der Waals surface area contributed by atoms with Crippen molar-refractivity contribution in [1.82, 2.24) is 29.4 Å². The van der Waals surface area contributed by atoms with Crippen LogP contribution in [0.5, 0.6) is 0 Å². The molecule has 3 aromatic rings. The molecule has 2 aromatic heterocycles. The molecule has 0 saturated heterocycles. The van der Waals surface area contributed by atoms with Gasteiger partial charge in [0.25, 0.3) is 5.56 Å². The molecule has 0 aliphatic heterocycles. The maximum Gasteiger partial charge on any atom is 0.329 e. The van der Waals surface area contributed by atoms with Crippen LogP contribution < -0.4 is 21.3 Å². The monoisotopic (exact) mass is 460 g/mol. The van der Waals surface area contributed by atoms with E-state index in [1.807, 2.05) is 6.92 Å². The van der Waals surface area contributed by atoms with Crippen LogP contribution in [0.25, 0.3) is 10.9 Å². The van der Waals surface area contributed by atoms with E-state index >= 15 is 0 Å². The number of H-pyrrole nitrogens is 1. The number of sulfonamides is 1. The number of nitrogens with zero attached hydrogens (tertiary/aromatic N) is 3. The molecule has 0 radical (unpaired) electrons. The normalized spacial score (nSPS) is 15.1. The first kappa shape index (κ1) is 22.0. The summed E-state index contributed by atoms with van der Waals surface area (Å²) >= 11 is 0. The number of rotatable bonds is 7. The fourth-order valence-corrected chi connectivity index (χ4v) is 5.01. The molecule has 1 fully saturated rings. The highest BCUT2D eigenvalue weighted by molar-refractivity contribution is 7.89. The number of amides is 1. The van der Waals surface area contributed by atoms with Crippen LogP contribution >= 0.6 is 0 Å². The minimum absolute atomic E-state index is 0.0216. The van der Waals surface area contributed by atoms with Gasteiger partial charge in [-0.3, -0.25) is 18.8 Å². The van der Waals surface area contributed by atoms with Crippen molar-refractivity contribution in [2.24, 2.45) is 7.05 Å². The molecule has 0 bridgehead atoms. The minimum atomic E-state index is -3.92. The second kappa shape index (κ2) is 7.71. The molecule has 1 aliphatic rings. The van der Waals surface area contributed by atoms with Crippen LogP contribution in [0.2, 0.25) is 0 Å². The summed E-state index contributed by atoms with van der Waals surface area (Å²) in [5, 5.41) is 6.67. The Morgan fingerprint density at radius 3 is 2.59 bits per heavy atom. The first-order chi connectivity index (χ1) is 15.0. The maximum atomic E-state index is 13.2. The number of hydrogen-bond donors (Lipinski definition) is 3. The third-order valence-electron chi connectivity index (χ3n) is 5.46. The Labute approximate surface area is 183 Å². The molecular weight excluding hydrogens is 436 g/mol. The summed E-state index contributed by atoms with van der Waals surface area (Å²) < 4.78 is 31.2. The fourth-order valence-electron chi connectivity index (χ4n) is 3.47. The Morgan fingerprint density at radius 1 is 1.28 bits per heavy atom. The van der Waals surface area contributed by atoms with Crippen LogP contribution in [0, 0.1) is 0 Å². The van der Waals surface area contributed by atoms with Crippen molar-refractivity contribution in [2.75, 3.05) is 0 Å². The number of hydrogen-bond acceptors (Lipinski definition) is 6. The molecule has 11 nitrogen and oxygen atoms in total. The third-order valence-corrected chi connectivity index (χ3v) is 7.08. The quantitative estimate of drug-likeness (QED) is 0.450. The molecule has 170 valence electrons. The molecule has 3 N–H and O–H groups in total. The number of carbonyl (C=O) groups is 1. The third kappa shape index (κ3) is 4.36. The highest BCUT2D eigenvalue weighted by atomic mass is 32.2. The van der Waals surface area contributed by atoms with E-state index in [2.05, 4.69) is 20.1 Å². The Hall–Kier alpha value is -3.25. The largest absolute Gasteiger partial charge is 0.352 e. The van der Waals surface area contributed by atoms with Crippen LogP contribution in [0.15, 0.2) is 39.0 Å². The average molecular weight is 461 g/mol. The van der Waals surface area contributed by atoms with E-state index in [-0.39, 0.29) is 34.8 Å². The molecule has 0 atom stereocenters. The first-order valence-corrected chi connectivity index (χ1v) is 11.5. The second-order valence-corrected chi connectivity index (χ2v) is 10.1. The zero-order valence-corrected chi connectivity index (χ0v) is 18.7. The predicted molar refractivity (Wildman–Crippen MR) is 117 cm³/mol. The summed E-state index contributed by atoms with van der Waals surface area (Å²) in [5.74, 6) is -0.331. The minimum Gasteiger partial charge on any atom is -0.352 e. The zero-order valence-electron chi connectivity index (χ0n) is 17.9. The van der Waals surface area contributed by atoms with Gasteiger partial charge in [0.05, 0.1) is 28.5 Å². The van der Waals surface area contributed by atoms with Gasteiger partial charge in [-0.15, -0.1) is 0 Å². The first-order valence-electron chi connectivity index (χ1n) is 10.0. The van der Waals surface area contributed by atoms with Crippen molar-refractivity contribution in [1.29, 1.82) is 0 Å². The molecule has 32 heavy (non-hydrogen) atoms. The van der Waals surface area contributed by atoms with Crippen molar-refractivity contribution in [2.45, 2.75) is 50.2 Å². The van der Waals surface area contributed by atoms with Crippen LogP contribution in [-0.2, 0) is 35.0 Å². The fraction of sp³-hybridized carbons (Fsp3) is 0.400. The lowest BCUT2D eigenvalue weighted by molar-refractivity contribution is -0.119. The number of carbonyl (C=O) groups excluding carboxylic acids is 1. The lowest BCUT2D eigenvalue weighted by Crippen LogP contribution is -2.37. The maximum absolute atomic E-state index is 13.2. The topological polar surface area (TPSA) is 148 Å². The molecule has 4 rings (SSSR count). The Bertz CT molecular complexity index is 1450. The van der Waals surface area contributed by atoms with Gasteiger partial charge < -0.3 is 10.3 Å². The zero-order chi connectivity index (χ0) is 23.3. The van der Waals surface area contributed by atoms with Gasteiger partial charge in [0, 0.05) is 37.8 Å². The van der Waals surface area contributed by atoms with Gasteiger partial charge in [0.15, 0.2) is 0 Å². The summed E-state index contributed by atoms with van der Waals surface area (Å²) in [6.45, 7) is 3.06. The van der Waals surface area contributed by atoms with Gasteiger partial charge in [0.2, 0.25) is 15.9 Å². The van der Waals surface area contributed by atoms with E-state index in [1.165, 1.54) is 19.1 Å². The van der Waals surface area contributed by atoms with Crippen LogP contribution in [0.1, 0.15) is 37.8 Å². The summed E-state index contributed by atoms with van der Waals surface area (Å²) in [6, 6.07) is 2.63. The SMILES string of the molecule is CC(=O)NCc1cc(S(=O)(=O)NC2(C)CC2)cc2c(=O)n(Cc3cnn(C)c3)c(=O)[nH]c12. The highest BCUT2D eigenvalue weighted by Gasteiger charge is 2.41. The van der Waals surface area contributed by atoms with E-state index in [4.69, 9.17) is 0 Å². The highest BCUT2D eigenvalue weighted by Crippen LogP contribution is 2.36. The van der Waals surface area contributed by atoms with E-state index in [1.54, 1.807) is 24.1 Å². The number of nitrogens with one attached hydrogen (secondary N) is 3. The number of aryl methyl sites for hydroxylation is 1. The van der Waals surface area contributed by atoms with Gasteiger partial charge in [-0.1, -0.05) is 0 Å². The number of aromatic nitrogens is 4. The van der Waals surface area contributed by atoms with Gasteiger partial charge in [-0.2, -0.15) is 5.10 Å². The molecule has 12 heteroatoms. The lowest BCUT2D eigenvalue weighted by Gasteiger charge is -2.15. The molecule has 0 spiro atoms. The van der Waals surface area contributed by atoms with E-state index in [9.17, 15) is 22.8 Å².